The van der Waals surface area contributed by atoms with Gasteiger partial charge in [0.1, 0.15) is 5.75 Å². The van der Waals surface area contributed by atoms with Crippen LogP contribution in [-0.2, 0) is 16.6 Å². The predicted molar refractivity (Wildman–Crippen MR) is 118 cm³/mol. The first-order valence-electron chi connectivity index (χ1n) is 9.98. The Hall–Kier alpha value is -2.58. The second kappa shape index (κ2) is 9.49. The van der Waals surface area contributed by atoms with E-state index in [1.54, 1.807) is 32.2 Å². The number of piperidine rings is 1. The first-order valence-corrected chi connectivity index (χ1v) is 11.9. The van der Waals surface area contributed by atoms with Gasteiger partial charge in [0.15, 0.2) is 0 Å². The van der Waals surface area contributed by atoms with Gasteiger partial charge >= 0.3 is 0 Å². The van der Waals surface area contributed by atoms with Gasteiger partial charge in [-0.05, 0) is 43.5 Å². The largest absolute Gasteiger partial charge is 0.496 e. The molecule has 1 saturated heterocycles. The summed E-state index contributed by atoms with van der Waals surface area (Å²) < 4.78 is 31.0. The number of hydrogen-bond donors (Lipinski definition) is 2. The molecular formula is C22H29N3O4S. The highest BCUT2D eigenvalue weighted by molar-refractivity contribution is 7.92. The summed E-state index contributed by atoms with van der Waals surface area (Å²) >= 11 is 0. The molecule has 0 unspecified atom stereocenters. The number of likely N-dealkylation sites (tertiary alicyclic amines) is 1. The number of hydrogen-bond acceptors (Lipinski definition) is 5. The van der Waals surface area contributed by atoms with Gasteiger partial charge in [0.2, 0.25) is 10.0 Å². The van der Waals surface area contributed by atoms with Crippen LogP contribution in [0.3, 0.4) is 0 Å². The van der Waals surface area contributed by atoms with E-state index < -0.39 is 10.0 Å². The number of nitrogens with zero attached hydrogens (tertiary/aromatic N) is 1. The van der Waals surface area contributed by atoms with Gasteiger partial charge in [-0.1, -0.05) is 24.3 Å². The molecule has 0 bridgehead atoms. The van der Waals surface area contributed by atoms with Crippen LogP contribution in [0.1, 0.15) is 34.3 Å². The minimum atomic E-state index is -3.40. The number of anilines is 1. The van der Waals surface area contributed by atoms with E-state index in [0.29, 0.717) is 11.3 Å². The zero-order valence-electron chi connectivity index (χ0n) is 17.6. The fourth-order valence-corrected chi connectivity index (χ4v) is 4.27. The van der Waals surface area contributed by atoms with E-state index in [9.17, 15) is 13.2 Å². The molecule has 0 radical (unpaired) electrons. The lowest BCUT2D eigenvalue weighted by Crippen LogP contribution is -2.44. The topological polar surface area (TPSA) is 87.7 Å². The lowest BCUT2D eigenvalue weighted by atomic mass is 10.0. The molecule has 1 fully saturated rings. The average molecular weight is 432 g/mol. The van der Waals surface area contributed by atoms with Crippen LogP contribution < -0.4 is 14.8 Å². The maximum Gasteiger partial charge on any atom is 0.251 e. The van der Waals surface area contributed by atoms with Gasteiger partial charge in [-0.2, -0.15) is 0 Å². The average Bonchev–Trinajstić information content (AvgIpc) is 2.70. The van der Waals surface area contributed by atoms with Crippen molar-refractivity contribution in [3.63, 3.8) is 0 Å². The van der Waals surface area contributed by atoms with Gasteiger partial charge in [0.25, 0.3) is 5.91 Å². The van der Waals surface area contributed by atoms with E-state index in [-0.39, 0.29) is 11.9 Å². The fraction of sp³-hybridized carbons (Fsp3) is 0.409. The monoisotopic (exact) mass is 431 g/mol. The smallest absolute Gasteiger partial charge is 0.251 e. The van der Waals surface area contributed by atoms with Crippen LogP contribution in [0.25, 0.3) is 0 Å². The van der Waals surface area contributed by atoms with Crippen LogP contribution in [0.5, 0.6) is 5.75 Å². The first-order chi connectivity index (χ1) is 14.2. The lowest BCUT2D eigenvalue weighted by molar-refractivity contribution is 0.0908. The Labute approximate surface area is 178 Å². The summed E-state index contributed by atoms with van der Waals surface area (Å²) in [6, 6.07) is 13.2. The number of nitrogens with one attached hydrogen (secondary N) is 2. The summed E-state index contributed by atoms with van der Waals surface area (Å²) in [4.78, 5) is 15.0. The van der Waals surface area contributed by atoms with Crippen LogP contribution in [0.4, 0.5) is 5.69 Å². The van der Waals surface area contributed by atoms with Crippen LogP contribution in [0.15, 0.2) is 42.5 Å². The summed E-state index contributed by atoms with van der Waals surface area (Å²) in [6.45, 7) is 4.39. The van der Waals surface area contributed by atoms with E-state index >= 15 is 0 Å². The zero-order valence-corrected chi connectivity index (χ0v) is 18.5. The third kappa shape index (κ3) is 5.96. The highest BCUT2D eigenvalue weighted by Gasteiger charge is 2.22. The van der Waals surface area contributed by atoms with Crippen LogP contribution in [-0.4, -0.2) is 51.7 Å². The van der Waals surface area contributed by atoms with Crippen molar-refractivity contribution < 1.29 is 17.9 Å². The van der Waals surface area contributed by atoms with E-state index in [1.807, 2.05) is 18.2 Å². The molecule has 1 amide bonds. The summed E-state index contributed by atoms with van der Waals surface area (Å²) in [7, 11) is -1.72. The summed E-state index contributed by atoms with van der Waals surface area (Å²) in [5, 5.41) is 3.08. The molecule has 0 aromatic heterocycles. The SMILES string of the molecule is COc1ccccc1CN1CCC(NC(=O)c2ccc(C)c(NS(C)(=O)=O)c2)CC1. The Balaban J connectivity index is 1.56. The van der Waals surface area contributed by atoms with Crippen LogP contribution in [0, 0.1) is 6.92 Å². The number of carbonyl (C=O) groups excluding carboxylic acids is 1. The number of sulfonamides is 1. The molecule has 1 aliphatic heterocycles. The Morgan fingerprint density at radius 2 is 1.87 bits per heavy atom. The fourth-order valence-electron chi connectivity index (χ4n) is 3.65. The quantitative estimate of drug-likeness (QED) is 0.704. The van der Waals surface area contributed by atoms with Crippen LogP contribution >= 0.6 is 0 Å². The van der Waals surface area contributed by atoms with Gasteiger partial charge in [-0.25, -0.2) is 8.42 Å². The van der Waals surface area contributed by atoms with Crippen molar-refractivity contribution in [3.05, 3.63) is 59.2 Å². The molecule has 3 rings (SSSR count). The second-order valence-electron chi connectivity index (χ2n) is 7.74. The minimum absolute atomic E-state index is 0.0963. The molecule has 8 heteroatoms. The molecule has 2 N–H and O–H groups in total. The lowest BCUT2D eigenvalue weighted by Gasteiger charge is -2.32. The van der Waals surface area contributed by atoms with Crippen LogP contribution in [0.2, 0.25) is 0 Å². The van der Waals surface area contributed by atoms with E-state index in [2.05, 4.69) is 21.0 Å². The number of methoxy groups -OCH3 is 1. The Morgan fingerprint density at radius 3 is 2.53 bits per heavy atom. The summed E-state index contributed by atoms with van der Waals surface area (Å²) in [6.07, 6.45) is 2.82. The van der Waals surface area contributed by atoms with Crippen molar-refractivity contribution >= 4 is 21.6 Å². The highest BCUT2D eigenvalue weighted by atomic mass is 32.2. The molecule has 0 saturated carbocycles. The number of ether oxygens (including phenoxy) is 1. The maximum absolute atomic E-state index is 12.7. The Bertz CT molecular complexity index is 999. The normalized spacial score (nSPS) is 15.6. The molecular weight excluding hydrogens is 402 g/mol. The molecule has 0 aliphatic carbocycles. The van der Waals surface area contributed by atoms with Gasteiger partial charge in [-0.3, -0.25) is 14.4 Å². The maximum atomic E-state index is 12.7. The summed E-state index contributed by atoms with van der Waals surface area (Å²) in [5.74, 6) is 0.709. The Morgan fingerprint density at radius 1 is 1.17 bits per heavy atom. The third-order valence-electron chi connectivity index (χ3n) is 5.30. The molecule has 1 aliphatic rings. The van der Waals surface area contributed by atoms with E-state index in [1.165, 1.54) is 0 Å². The number of carbonyl (C=O) groups is 1. The molecule has 2 aromatic rings. The standard InChI is InChI=1S/C22H29N3O4S/c1-16-8-9-17(14-20(16)24-30(3,27)28)22(26)23-19-10-12-25(13-11-19)15-18-6-4-5-7-21(18)29-2/h4-9,14,19,24H,10-13,15H2,1-3H3,(H,23,26). The predicted octanol–water partition coefficient (Wildman–Crippen LogP) is 2.77. The number of amides is 1. The highest BCUT2D eigenvalue weighted by Crippen LogP contribution is 2.22. The van der Waals surface area contributed by atoms with Crippen molar-refractivity contribution in [2.24, 2.45) is 0 Å². The van der Waals surface area contributed by atoms with Gasteiger partial charge in [0.05, 0.1) is 19.1 Å². The minimum Gasteiger partial charge on any atom is -0.496 e. The first kappa shape index (κ1) is 22.1. The number of aryl methyl sites for hydroxylation is 1. The zero-order chi connectivity index (χ0) is 21.7. The van der Waals surface area contributed by atoms with Crippen molar-refractivity contribution in [3.8, 4) is 5.75 Å². The van der Waals surface area contributed by atoms with Gasteiger partial charge in [-0.15, -0.1) is 0 Å². The van der Waals surface area contributed by atoms with Gasteiger partial charge < -0.3 is 10.1 Å². The van der Waals surface area contributed by atoms with Gasteiger partial charge in [0, 0.05) is 36.8 Å². The molecule has 1 heterocycles. The molecule has 30 heavy (non-hydrogen) atoms. The molecule has 0 atom stereocenters. The van der Waals surface area contributed by atoms with E-state index in [0.717, 1.165) is 55.6 Å². The molecule has 162 valence electrons. The summed E-state index contributed by atoms with van der Waals surface area (Å²) in [5.41, 5.74) is 2.80. The van der Waals surface area contributed by atoms with Crippen molar-refractivity contribution in [2.45, 2.75) is 32.4 Å². The number of rotatable bonds is 7. The van der Waals surface area contributed by atoms with Crippen molar-refractivity contribution in [1.82, 2.24) is 10.2 Å². The number of benzene rings is 2. The number of para-hydroxylation sites is 1. The molecule has 7 nitrogen and oxygen atoms in total. The van der Waals surface area contributed by atoms with Crippen molar-refractivity contribution in [2.75, 3.05) is 31.2 Å². The molecule has 2 aromatic carbocycles. The third-order valence-corrected chi connectivity index (χ3v) is 5.90. The Kier molecular flexibility index (Phi) is 6.99. The van der Waals surface area contributed by atoms with E-state index in [4.69, 9.17) is 4.74 Å². The molecule has 0 spiro atoms. The second-order valence-corrected chi connectivity index (χ2v) is 9.49. The van der Waals surface area contributed by atoms with Crippen molar-refractivity contribution in [1.29, 1.82) is 0 Å².